The zero-order chi connectivity index (χ0) is 6.41. The van der Waals surface area contributed by atoms with E-state index < -0.39 is 6.03 Å². The molecule has 0 aliphatic rings. The van der Waals surface area contributed by atoms with Crippen molar-refractivity contribution in [3.05, 3.63) is 0 Å². The van der Waals surface area contributed by atoms with Crippen LogP contribution in [0.15, 0.2) is 4.99 Å². The summed E-state index contributed by atoms with van der Waals surface area (Å²) < 4.78 is 0. The van der Waals surface area contributed by atoms with E-state index >= 15 is 0 Å². The Morgan fingerprint density at radius 3 is 3.00 bits per heavy atom. The number of carbonyl (C=O) groups is 1. The first-order valence-electron chi connectivity index (χ1n) is 2.18. The summed E-state index contributed by atoms with van der Waals surface area (Å²) in [6.45, 7) is 1.26. The first-order valence-corrected chi connectivity index (χ1v) is 2.18. The molecule has 0 aromatic carbocycles. The minimum Gasteiger partial charge on any atom is -0.376 e. The Morgan fingerprint density at radius 2 is 2.62 bits per heavy atom. The second-order valence-corrected chi connectivity index (χ2v) is 1.03. The number of hydrogen-bond acceptors (Lipinski definition) is 2. The molecule has 0 fully saturated rings. The van der Waals surface area contributed by atoms with Gasteiger partial charge in [0.15, 0.2) is 0 Å². The molecule has 0 aromatic heterocycles. The fourth-order valence-corrected chi connectivity index (χ4v) is 0.231. The number of carbonyl (C=O) groups excluding carboxylic acids is 1. The second kappa shape index (κ2) is 4.26. The topological polar surface area (TPSA) is 61.7 Å². The van der Waals surface area contributed by atoms with Gasteiger partial charge in [-0.05, 0) is 6.92 Å². The van der Waals surface area contributed by atoms with Gasteiger partial charge in [0.1, 0.15) is 6.73 Å². The summed E-state index contributed by atoms with van der Waals surface area (Å²) >= 11 is 0. The maximum Gasteiger partial charge on any atom is 0.342 e. The van der Waals surface area contributed by atoms with Gasteiger partial charge in [-0.15, -0.1) is 0 Å². The fourth-order valence-electron chi connectivity index (χ4n) is 0.231. The molecule has 2 amide bonds. The number of nitrogens with one attached hydrogen (secondary N) is 1. The molecule has 0 saturated carbocycles. The minimum atomic E-state index is -0.519. The molecule has 4 nitrogen and oxygen atoms in total. The highest BCUT2D eigenvalue weighted by molar-refractivity contribution is 5.82. The normalized spacial score (nSPS) is 9.75. The molecule has 0 heterocycles. The highest BCUT2D eigenvalue weighted by Gasteiger charge is 1.87. The Bertz CT molecular complexity index is 100. The van der Waals surface area contributed by atoms with Gasteiger partial charge in [-0.3, -0.25) is 0 Å². The SMILES string of the molecule is C/C=N/C(=O)NCO. The van der Waals surface area contributed by atoms with E-state index in [-0.39, 0.29) is 6.73 Å². The van der Waals surface area contributed by atoms with Crippen molar-refractivity contribution < 1.29 is 9.90 Å². The van der Waals surface area contributed by atoms with Crippen molar-refractivity contribution in [1.29, 1.82) is 0 Å². The van der Waals surface area contributed by atoms with E-state index in [4.69, 9.17) is 5.11 Å². The average molecular weight is 116 g/mol. The number of hydrogen-bond donors (Lipinski definition) is 2. The van der Waals surface area contributed by atoms with E-state index in [1.807, 2.05) is 0 Å². The van der Waals surface area contributed by atoms with E-state index in [2.05, 4.69) is 10.3 Å². The molecule has 0 atom stereocenters. The number of urea groups is 1. The van der Waals surface area contributed by atoms with Crippen molar-refractivity contribution in [3.63, 3.8) is 0 Å². The molecular weight excluding hydrogens is 108 g/mol. The highest BCUT2D eigenvalue weighted by Crippen LogP contribution is 1.67. The fraction of sp³-hybridized carbons (Fsp3) is 0.500. The number of aliphatic hydroxyl groups is 1. The lowest BCUT2D eigenvalue weighted by molar-refractivity contribution is 0.225. The number of amides is 2. The van der Waals surface area contributed by atoms with E-state index in [1.165, 1.54) is 6.21 Å². The molecule has 0 aliphatic heterocycles. The van der Waals surface area contributed by atoms with Gasteiger partial charge in [0.25, 0.3) is 0 Å². The van der Waals surface area contributed by atoms with Crippen LogP contribution in [0, 0.1) is 0 Å². The van der Waals surface area contributed by atoms with Gasteiger partial charge in [0.2, 0.25) is 0 Å². The third-order valence-electron chi connectivity index (χ3n) is 0.477. The maximum absolute atomic E-state index is 10.2. The van der Waals surface area contributed by atoms with Crippen LogP contribution in [0.1, 0.15) is 6.92 Å². The van der Waals surface area contributed by atoms with Crippen LogP contribution in [0.25, 0.3) is 0 Å². The molecule has 0 aliphatic carbocycles. The summed E-state index contributed by atoms with van der Waals surface area (Å²) in [5, 5.41) is 10.1. The summed E-state index contributed by atoms with van der Waals surface area (Å²) in [6, 6.07) is -0.519. The molecular formula is C4H8N2O2. The Kier molecular flexibility index (Phi) is 3.78. The van der Waals surface area contributed by atoms with Crippen LogP contribution in [-0.4, -0.2) is 24.1 Å². The molecule has 0 rings (SSSR count). The predicted octanol–water partition coefficient (Wildman–Crippen LogP) is -0.263. The van der Waals surface area contributed by atoms with Crippen LogP contribution in [0.4, 0.5) is 4.79 Å². The summed E-state index contributed by atoms with van der Waals surface area (Å²) in [5.74, 6) is 0. The van der Waals surface area contributed by atoms with E-state index in [1.54, 1.807) is 6.92 Å². The van der Waals surface area contributed by atoms with Gasteiger partial charge in [-0.1, -0.05) is 0 Å². The van der Waals surface area contributed by atoms with Crippen LogP contribution in [0.5, 0.6) is 0 Å². The lowest BCUT2D eigenvalue weighted by Crippen LogP contribution is -2.20. The first-order chi connectivity index (χ1) is 3.81. The lowest BCUT2D eigenvalue weighted by Gasteiger charge is -1.90. The monoisotopic (exact) mass is 116 g/mol. The Hall–Kier alpha value is -0.900. The summed E-state index contributed by atoms with van der Waals surface area (Å²) in [4.78, 5) is 13.5. The number of nitrogens with zero attached hydrogens (tertiary/aromatic N) is 1. The molecule has 0 radical (unpaired) electrons. The van der Waals surface area contributed by atoms with Crippen LogP contribution in [0.2, 0.25) is 0 Å². The number of rotatable bonds is 1. The number of aliphatic imine (C=N–C) groups is 1. The van der Waals surface area contributed by atoms with Crippen molar-refractivity contribution in [2.45, 2.75) is 6.92 Å². The number of aliphatic hydroxyl groups excluding tert-OH is 1. The zero-order valence-corrected chi connectivity index (χ0v) is 4.59. The molecule has 0 bridgehead atoms. The van der Waals surface area contributed by atoms with E-state index in [0.717, 1.165) is 0 Å². The van der Waals surface area contributed by atoms with Crippen molar-refractivity contribution in [1.82, 2.24) is 5.32 Å². The van der Waals surface area contributed by atoms with Crippen LogP contribution >= 0.6 is 0 Å². The second-order valence-electron chi connectivity index (χ2n) is 1.03. The standard InChI is InChI=1S/C4H8N2O2/c1-2-5-4(8)6-3-7/h2,7H,3H2,1H3,(H,6,8)/b5-2+. The van der Waals surface area contributed by atoms with Crippen molar-refractivity contribution in [2.75, 3.05) is 6.73 Å². The molecule has 0 unspecified atom stereocenters. The lowest BCUT2D eigenvalue weighted by atomic mass is 10.8. The third-order valence-corrected chi connectivity index (χ3v) is 0.477. The molecule has 0 spiro atoms. The zero-order valence-electron chi connectivity index (χ0n) is 4.59. The van der Waals surface area contributed by atoms with Crippen LogP contribution in [0.3, 0.4) is 0 Å². The Labute approximate surface area is 47.2 Å². The van der Waals surface area contributed by atoms with Crippen LogP contribution < -0.4 is 5.32 Å². The van der Waals surface area contributed by atoms with Crippen LogP contribution in [-0.2, 0) is 0 Å². The van der Waals surface area contributed by atoms with E-state index in [9.17, 15) is 4.79 Å². The quantitative estimate of drug-likeness (QED) is 0.366. The summed E-state index contributed by atoms with van der Waals surface area (Å²) in [6.07, 6.45) is 1.35. The maximum atomic E-state index is 10.2. The predicted molar refractivity (Wildman–Crippen MR) is 29.8 cm³/mol. The van der Waals surface area contributed by atoms with Crippen molar-refractivity contribution in [3.8, 4) is 0 Å². The van der Waals surface area contributed by atoms with Gasteiger partial charge in [-0.25, -0.2) is 9.79 Å². The molecule has 0 saturated heterocycles. The molecule has 4 heteroatoms. The third kappa shape index (κ3) is 3.30. The van der Waals surface area contributed by atoms with Gasteiger partial charge < -0.3 is 10.4 Å². The van der Waals surface area contributed by atoms with Gasteiger partial charge in [0.05, 0.1) is 0 Å². The molecule has 0 aromatic rings. The van der Waals surface area contributed by atoms with Gasteiger partial charge in [0, 0.05) is 6.21 Å². The Morgan fingerprint density at radius 1 is 2.00 bits per heavy atom. The molecule has 8 heavy (non-hydrogen) atoms. The van der Waals surface area contributed by atoms with Crippen molar-refractivity contribution in [2.24, 2.45) is 4.99 Å². The highest BCUT2D eigenvalue weighted by atomic mass is 16.3. The molecule has 46 valence electrons. The summed E-state index contributed by atoms with van der Waals surface area (Å²) in [5.41, 5.74) is 0. The Balaban J connectivity index is 3.33. The van der Waals surface area contributed by atoms with Gasteiger partial charge >= 0.3 is 6.03 Å². The summed E-state index contributed by atoms with van der Waals surface area (Å²) in [7, 11) is 0. The smallest absolute Gasteiger partial charge is 0.342 e. The average Bonchev–Trinajstić information content (AvgIpc) is 1.68. The first kappa shape index (κ1) is 7.10. The largest absolute Gasteiger partial charge is 0.376 e. The van der Waals surface area contributed by atoms with Crippen molar-refractivity contribution >= 4 is 12.2 Å². The van der Waals surface area contributed by atoms with Gasteiger partial charge in [-0.2, -0.15) is 0 Å². The molecule has 2 N–H and O–H groups in total. The minimum absolute atomic E-state index is 0.365. The van der Waals surface area contributed by atoms with E-state index in [0.29, 0.717) is 0 Å².